The van der Waals surface area contributed by atoms with Gasteiger partial charge in [-0.2, -0.15) is 0 Å². The largest absolute Gasteiger partial charge is 0.458 e. The first-order chi connectivity index (χ1) is 19.8. The van der Waals surface area contributed by atoms with Crippen LogP contribution in [0.4, 0.5) is 0 Å². The van der Waals surface area contributed by atoms with Crippen LogP contribution in [0.15, 0.2) is 91.0 Å². The Morgan fingerprint density at radius 2 is 1.05 bits per heavy atom. The summed E-state index contributed by atoms with van der Waals surface area (Å²) in [6, 6.07) is 24.4. The third-order valence-electron chi connectivity index (χ3n) is 5.90. The lowest BCUT2D eigenvalue weighted by Gasteiger charge is -2.34. The summed E-state index contributed by atoms with van der Waals surface area (Å²) in [5, 5.41) is 22.7. The van der Waals surface area contributed by atoms with Crippen LogP contribution in [0.25, 0.3) is 0 Å². The zero-order valence-electron chi connectivity index (χ0n) is 22.8. The van der Waals surface area contributed by atoms with Crippen LogP contribution in [0.1, 0.15) is 44.9 Å². The smallest absolute Gasteiger partial charge is 0.338 e. The molecule has 4 unspecified atom stereocenters. The second kappa shape index (κ2) is 16.8. The average molecular weight is 599 g/mol. The Labute approximate surface area is 248 Å². The average Bonchev–Trinajstić information content (AvgIpc) is 3.02. The van der Waals surface area contributed by atoms with Crippen molar-refractivity contribution in [2.45, 2.75) is 42.8 Å². The summed E-state index contributed by atoms with van der Waals surface area (Å²) in [4.78, 5) is 39.0. The highest BCUT2D eigenvalue weighted by atomic mass is 32.2. The molecule has 3 rings (SSSR count). The van der Waals surface area contributed by atoms with Crippen LogP contribution >= 0.6 is 23.5 Å². The minimum atomic E-state index is -1.69. The van der Waals surface area contributed by atoms with Gasteiger partial charge in [0.1, 0.15) is 18.8 Å². The van der Waals surface area contributed by atoms with Crippen molar-refractivity contribution >= 4 is 41.4 Å². The van der Waals surface area contributed by atoms with Crippen molar-refractivity contribution in [3.63, 3.8) is 0 Å². The predicted octanol–water partition coefficient (Wildman–Crippen LogP) is 4.85. The molecule has 8 nitrogen and oxygen atoms in total. The minimum Gasteiger partial charge on any atom is -0.458 e. The molecular weight excluding hydrogens is 564 g/mol. The van der Waals surface area contributed by atoms with Crippen molar-refractivity contribution in [1.82, 2.24) is 0 Å². The molecule has 0 spiro atoms. The molecule has 0 amide bonds. The van der Waals surface area contributed by atoms with E-state index in [1.807, 2.05) is 13.8 Å². The maximum atomic E-state index is 13.1. The quantitative estimate of drug-likeness (QED) is 0.143. The van der Waals surface area contributed by atoms with E-state index >= 15 is 0 Å². The van der Waals surface area contributed by atoms with E-state index in [1.165, 1.54) is 47.8 Å². The van der Waals surface area contributed by atoms with Gasteiger partial charge < -0.3 is 24.4 Å². The molecule has 3 aromatic rings. The summed E-state index contributed by atoms with van der Waals surface area (Å²) in [6.07, 6.45) is -6.09. The van der Waals surface area contributed by atoms with Crippen LogP contribution in [-0.2, 0) is 14.2 Å². The molecule has 0 bridgehead atoms. The van der Waals surface area contributed by atoms with E-state index in [4.69, 9.17) is 14.2 Å². The minimum absolute atomic E-state index is 0.191. The van der Waals surface area contributed by atoms with E-state index in [9.17, 15) is 24.6 Å². The topological polar surface area (TPSA) is 119 Å². The molecule has 0 aliphatic carbocycles. The first-order valence-electron chi connectivity index (χ1n) is 13.2. The Bertz CT molecular complexity index is 1220. The van der Waals surface area contributed by atoms with Gasteiger partial charge in [0.15, 0.2) is 12.2 Å². The van der Waals surface area contributed by atoms with Gasteiger partial charge in [0.2, 0.25) is 0 Å². The molecule has 0 aliphatic rings. The van der Waals surface area contributed by atoms with Gasteiger partial charge in [-0.1, -0.05) is 68.4 Å². The van der Waals surface area contributed by atoms with Crippen LogP contribution in [0.3, 0.4) is 0 Å². The summed E-state index contributed by atoms with van der Waals surface area (Å²) >= 11 is 2.85. The van der Waals surface area contributed by atoms with E-state index in [2.05, 4.69) is 0 Å². The molecule has 4 atom stereocenters. The van der Waals surface area contributed by atoms with Crippen LogP contribution in [-0.4, -0.2) is 75.2 Å². The lowest BCUT2D eigenvalue weighted by molar-refractivity contribution is -0.122. The molecule has 0 radical (unpaired) electrons. The summed E-state index contributed by atoms with van der Waals surface area (Å²) < 4.78 is 16.4. The summed E-state index contributed by atoms with van der Waals surface area (Å²) in [6.45, 7) is 3.30. The third kappa shape index (κ3) is 9.64. The molecule has 3 aromatic carbocycles. The zero-order chi connectivity index (χ0) is 29.6. The molecule has 0 saturated carbocycles. The Hall–Kier alpha value is -3.31. The van der Waals surface area contributed by atoms with Crippen LogP contribution in [0, 0.1) is 0 Å². The molecule has 10 heteroatoms. The maximum Gasteiger partial charge on any atom is 0.338 e. The lowest BCUT2D eigenvalue weighted by Crippen LogP contribution is -2.52. The first-order valence-corrected chi connectivity index (χ1v) is 15.3. The van der Waals surface area contributed by atoms with Crippen molar-refractivity contribution < 1.29 is 38.8 Å². The molecule has 0 fully saturated rings. The summed E-state index contributed by atoms with van der Waals surface area (Å²) in [5.74, 6) is -0.958. The number of aliphatic hydroxyl groups excluding tert-OH is 2. The van der Waals surface area contributed by atoms with Crippen molar-refractivity contribution in [2.75, 3.05) is 18.1 Å². The second-order valence-electron chi connectivity index (χ2n) is 8.77. The van der Waals surface area contributed by atoms with Crippen LogP contribution < -0.4 is 0 Å². The van der Waals surface area contributed by atoms with Gasteiger partial charge in [0.05, 0.1) is 21.3 Å². The van der Waals surface area contributed by atoms with Crippen LogP contribution in [0.5, 0.6) is 0 Å². The van der Waals surface area contributed by atoms with Crippen LogP contribution in [0.2, 0.25) is 0 Å². The van der Waals surface area contributed by atoms with Gasteiger partial charge in [-0.05, 0) is 47.9 Å². The van der Waals surface area contributed by atoms with Gasteiger partial charge in [0, 0.05) is 0 Å². The molecule has 218 valence electrons. The number of esters is 3. The van der Waals surface area contributed by atoms with E-state index in [-0.39, 0.29) is 16.7 Å². The fraction of sp³-hybridized carbons (Fsp3) is 0.323. The van der Waals surface area contributed by atoms with E-state index < -0.39 is 53.5 Å². The molecule has 41 heavy (non-hydrogen) atoms. The molecule has 0 aromatic heterocycles. The summed E-state index contributed by atoms with van der Waals surface area (Å²) in [7, 11) is 0. The number of ether oxygens (including phenoxy) is 3. The van der Waals surface area contributed by atoms with Gasteiger partial charge in [-0.15, -0.1) is 23.5 Å². The fourth-order valence-corrected chi connectivity index (χ4v) is 6.43. The number of hydrogen-bond donors (Lipinski definition) is 2. The maximum absolute atomic E-state index is 13.1. The highest BCUT2D eigenvalue weighted by molar-refractivity contribution is 8.17. The van der Waals surface area contributed by atoms with Crippen molar-refractivity contribution in [3.05, 3.63) is 108 Å². The first kappa shape index (κ1) is 32.2. The predicted molar refractivity (Wildman–Crippen MR) is 160 cm³/mol. The number of carbonyl (C=O) groups is 3. The number of carbonyl (C=O) groups excluding carboxylic acids is 3. The number of rotatable bonds is 15. The number of thioether (sulfide) groups is 2. The highest BCUT2D eigenvalue weighted by Gasteiger charge is 2.42. The Kier molecular flexibility index (Phi) is 13.2. The van der Waals surface area contributed by atoms with Gasteiger partial charge in [-0.3, -0.25) is 0 Å². The second-order valence-corrected chi connectivity index (χ2v) is 11.9. The molecule has 0 heterocycles. The molecule has 2 N–H and O–H groups in total. The SMILES string of the molecule is CCSC(SCC)C(O)C(O)C(OC(=O)c1ccccc1)C(COC(=O)c1ccccc1)OC(=O)c1ccccc1. The Morgan fingerprint density at radius 3 is 1.49 bits per heavy atom. The standard InChI is InChI=1S/C31H34O8S2/c1-3-40-31(41-4-2)26(33)25(32)27(39-30(36)23-18-12-7-13-19-23)24(38-29(35)22-16-10-6-11-17-22)20-37-28(34)21-14-8-5-9-15-21/h5-19,24-27,31-33H,3-4,20H2,1-2H3. The zero-order valence-corrected chi connectivity index (χ0v) is 24.5. The molecule has 0 aliphatic heterocycles. The molecular formula is C31H34O8S2. The van der Waals surface area contributed by atoms with Gasteiger partial charge in [-0.25, -0.2) is 14.4 Å². The van der Waals surface area contributed by atoms with Crippen molar-refractivity contribution in [2.24, 2.45) is 0 Å². The van der Waals surface area contributed by atoms with E-state index in [0.29, 0.717) is 11.5 Å². The Balaban J connectivity index is 1.96. The van der Waals surface area contributed by atoms with E-state index in [0.717, 1.165) is 0 Å². The fourth-order valence-electron chi connectivity index (χ4n) is 3.85. The number of hydrogen-bond acceptors (Lipinski definition) is 10. The van der Waals surface area contributed by atoms with Gasteiger partial charge >= 0.3 is 17.9 Å². The summed E-state index contributed by atoms with van der Waals surface area (Å²) in [5.41, 5.74) is 0.657. The number of aliphatic hydroxyl groups is 2. The molecule has 0 saturated heterocycles. The number of benzene rings is 3. The van der Waals surface area contributed by atoms with Gasteiger partial charge in [0.25, 0.3) is 0 Å². The Morgan fingerprint density at radius 1 is 0.634 bits per heavy atom. The van der Waals surface area contributed by atoms with Crippen molar-refractivity contribution in [3.8, 4) is 0 Å². The third-order valence-corrected chi connectivity index (χ3v) is 8.60. The van der Waals surface area contributed by atoms with Crippen molar-refractivity contribution in [1.29, 1.82) is 0 Å². The lowest BCUT2D eigenvalue weighted by atomic mass is 10.0. The normalized spacial score (nSPS) is 14.0. The van der Waals surface area contributed by atoms with E-state index in [1.54, 1.807) is 66.7 Å². The highest BCUT2D eigenvalue weighted by Crippen LogP contribution is 2.30. The monoisotopic (exact) mass is 598 g/mol.